The van der Waals surface area contributed by atoms with Crippen molar-refractivity contribution in [2.75, 3.05) is 32.5 Å². The molecule has 0 aromatic heterocycles. The summed E-state index contributed by atoms with van der Waals surface area (Å²) >= 11 is 3.88. The lowest BCUT2D eigenvalue weighted by Crippen LogP contribution is -2.46. The predicted molar refractivity (Wildman–Crippen MR) is 144 cm³/mol. The highest BCUT2D eigenvalue weighted by atomic mass is 32.2. The lowest BCUT2D eigenvalue weighted by atomic mass is 9.56. The number of nitrogens with two attached hydrogens (primary N) is 1. The van der Waals surface area contributed by atoms with Crippen LogP contribution in [0.1, 0.15) is 64.7 Å². The van der Waals surface area contributed by atoms with Crippen LogP contribution in [0.2, 0.25) is 5.82 Å². The van der Waals surface area contributed by atoms with Gasteiger partial charge in [0, 0.05) is 19.7 Å². The van der Waals surface area contributed by atoms with Crippen LogP contribution in [0.15, 0.2) is 0 Å². The molecule has 0 aromatic rings. The molecule has 0 aromatic carbocycles. The molecule has 9 atom stereocenters. The van der Waals surface area contributed by atoms with Crippen LogP contribution in [0.3, 0.4) is 0 Å². The summed E-state index contributed by atoms with van der Waals surface area (Å²) in [6, 6.07) is 0. The number of carbonyl (C=O) groups excluding carboxylic acids is 1. The fourth-order valence-corrected chi connectivity index (χ4v) is 11.6. The normalized spacial score (nSPS) is 43.8. The second-order valence-corrected chi connectivity index (χ2v) is 14.5. The minimum atomic E-state index is -0.576. The molecule has 2 aliphatic carbocycles. The van der Waals surface area contributed by atoms with Crippen LogP contribution in [0.5, 0.6) is 0 Å². The highest BCUT2D eigenvalue weighted by Crippen LogP contribution is 2.57. The van der Waals surface area contributed by atoms with Gasteiger partial charge in [0.05, 0.1) is 9.83 Å². The summed E-state index contributed by atoms with van der Waals surface area (Å²) in [7, 11) is -0.576. The molecule has 1 amide bonds. The van der Waals surface area contributed by atoms with Crippen molar-refractivity contribution in [3.63, 3.8) is 0 Å². The quantitative estimate of drug-likeness (QED) is 0.538. The highest BCUT2D eigenvalue weighted by Gasteiger charge is 2.55. The Morgan fingerprint density at radius 2 is 1.88 bits per heavy atom. The number of hydrogen-bond donors (Lipinski definition) is 2. The van der Waals surface area contributed by atoms with Crippen LogP contribution in [0, 0.1) is 41.4 Å². The molecular weight excluding hydrogens is 463 g/mol. The molecular formula is C26H45BN2O3S2. The van der Waals surface area contributed by atoms with E-state index in [-0.39, 0.29) is 5.25 Å². The van der Waals surface area contributed by atoms with Crippen molar-refractivity contribution in [1.29, 1.82) is 0 Å². The van der Waals surface area contributed by atoms with Crippen LogP contribution < -0.4 is 5.73 Å². The Morgan fingerprint density at radius 3 is 2.62 bits per heavy atom. The first kappa shape index (κ1) is 25.8. The van der Waals surface area contributed by atoms with Gasteiger partial charge < -0.3 is 20.3 Å². The highest BCUT2D eigenvalue weighted by molar-refractivity contribution is 8.17. The van der Waals surface area contributed by atoms with Crippen molar-refractivity contribution in [3.05, 3.63) is 0 Å². The van der Waals surface area contributed by atoms with E-state index in [1.165, 1.54) is 51.4 Å². The van der Waals surface area contributed by atoms with Gasteiger partial charge in [0.2, 0.25) is 5.91 Å². The van der Waals surface area contributed by atoms with Gasteiger partial charge in [-0.3, -0.25) is 4.79 Å². The predicted octanol–water partition coefficient (Wildman–Crippen LogP) is 4.34. The molecule has 2 saturated carbocycles. The number of hydrogen-bond acceptors (Lipinski definition) is 6. The Labute approximate surface area is 215 Å². The number of rotatable bonds is 5. The first-order valence-corrected chi connectivity index (χ1v) is 16.2. The molecule has 3 saturated heterocycles. The average molecular weight is 509 g/mol. The number of carbonyl (C=O) groups is 1. The van der Waals surface area contributed by atoms with E-state index < -0.39 is 7.12 Å². The second-order valence-electron chi connectivity index (χ2n) is 11.9. The fraction of sp³-hybridized carbons (Fsp3) is 0.962. The minimum Gasteiger partial charge on any atom is -0.427 e. The molecule has 0 spiro atoms. The SMILES string of the molecule is CSC1SC(C(=O)N2CCC(C3CCCC(CN)C3)CC2)C(C)C1C1CCCC2B(O)OCC21. The molecule has 3 N–H and O–H groups in total. The average Bonchev–Trinajstić information content (AvgIpc) is 3.43. The van der Waals surface area contributed by atoms with Crippen molar-refractivity contribution >= 4 is 36.5 Å². The minimum absolute atomic E-state index is 0.0860. The molecule has 0 bridgehead atoms. The van der Waals surface area contributed by atoms with Crippen molar-refractivity contribution in [3.8, 4) is 0 Å². The van der Waals surface area contributed by atoms with E-state index in [4.69, 9.17) is 10.4 Å². The van der Waals surface area contributed by atoms with Gasteiger partial charge >= 0.3 is 7.12 Å². The summed E-state index contributed by atoms with van der Waals surface area (Å²) in [5, 5.41) is 10.4. The van der Waals surface area contributed by atoms with E-state index in [0.717, 1.165) is 43.8 Å². The molecule has 5 rings (SSSR count). The molecule has 5 nitrogen and oxygen atoms in total. The molecule has 0 radical (unpaired) electrons. The van der Waals surface area contributed by atoms with Crippen LogP contribution in [0.25, 0.3) is 0 Å². The third-order valence-corrected chi connectivity index (χ3v) is 13.5. The molecule has 5 aliphatic rings. The first-order chi connectivity index (χ1) is 16.5. The monoisotopic (exact) mass is 508 g/mol. The van der Waals surface area contributed by atoms with Crippen molar-refractivity contribution in [1.82, 2.24) is 4.90 Å². The number of likely N-dealkylation sites (tertiary alicyclic amines) is 1. The standard InChI is InChI=1S/C26H45BN2O3S2/c1-16-23(20-7-4-8-22-21(20)15-32-27(22)31)26(33-2)34-24(16)25(30)29-11-9-18(10-12-29)19-6-3-5-17(13-19)14-28/h16-24,26,31H,3-15,28H2,1-2H3. The van der Waals surface area contributed by atoms with Crippen molar-refractivity contribution in [2.45, 2.75) is 80.4 Å². The van der Waals surface area contributed by atoms with E-state index in [9.17, 15) is 9.82 Å². The zero-order chi connectivity index (χ0) is 23.8. The van der Waals surface area contributed by atoms with Gasteiger partial charge in [0.15, 0.2) is 0 Å². The number of amides is 1. The molecule has 5 fully saturated rings. The van der Waals surface area contributed by atoms with E-state index in [1.54, 1.807) is 0 Å². The fourth-order valence-electron chi connectivity index (χ4n) is 8.39. The van der Waals surface area contributed by atoms with Crippen molar-refractivity contribution < 1.29 is 14.5 Å². The summed E-state index contributed by atoms with van der Waals surface area (Å²) in [5.74, 6) is 4.98. The summed E-state index contributed by atoms with van der Waals surface area (Å²) in [6.07, 6.45) is 13.4. The molecule has 9 unspecified atom stereocenters. The van der Waals surface area contributed by atoms with Crippen LogP contribution in [-0.4, -0.2) is 65.3 Å². The van der Waals surface area contributed by atoms with E-state index in [2.05, 4.69) is 18.1 Å². The van der Waals surface area contributed by atoms with Crippen LogP contribution in [0.4, 0.5) is 0 Å². The maximum atomic E-state index is 13.8. The zero-order valence-electron chi connectivity index (χ0n) is 21.1. The Bertz CT molecular complexity index is 710. The van der Waals surface area contributed by atoms with Gasteiger partial charge in [0.1, 0.15) is 0 Å². The number of piperidine rings is 1. The van der Waals surface area contributed by atoms with Gasteiger partial charge in [0.25, 0.3) is 0 Å². The summed E-state index contributed by atoms with van der Waals surface area (Å²) < 4.78 is 6.17. The Morgan fingerprint density at radius 1 is 1.12 bits per heavy atom. The van der Waals surface area contributed by atoms with Gasteiger partial charge in [-0.25, -0.2) is 0 Å². The number of thioether (sulfide) groups is 2. The lowest BCUT2D eigenvalue weighted by molar-refractivity contribution is -0.133. The van der Waals surface area contributed by atoms with E-state index in [0.29, 0.717) is 46.6 Å². The topological polar surface area (TPSA) is 75.8 Å². The third kappa shape index (κ3) is 4.97. The maximum absolute atomic E-state index is 13.8. The number of fused-ring (bicyclic) bond motifs is 1. The lowest BCUT2D eigenvalue weighted by Gasteiger charge is -2.41. The van der Waals surface area contributed by atoms with E-state index >= 15 is 0 Å². The molecule has 3 heterocycles. The largest absolute Gasteiger partial charge is 0.457 e. The molecule has 3 aliphatic heterocycles. The smallest absolute Gasteiger partial charge is 0.427 e. The molecule has 34 heavy (non-hydrogen) atoms. The second kappa shape index (κ2) is 11.2. The maximum Gasteiger partial charge on any atom is 0.457 e. The van der Waals surface area contributed by atoms with Crippen molar-refractivity contribution in [2.24, 2.45) is 47.2 Å². The van der Waals surface area contributed by atoms with Gasteiger partial charge in [-0.2, -0.15) is 11.8 Å². The van der Waals surface area contributed by atoms with Gasteiger partial charge in [-0.15, -0.1) is 11.8 Å². The molecule has 192 valence electrons. The van der Waals surface area contributed by atoms with E-state index in [1.807, 2.05) is 23.5 Å². The molecule has 8 heteroatoms. The summed E-state index contributed by atoms with van der Waals surface area (Å²) in [6.45, 7) is 5.77. The van der Waals surface area contributed by atoms with Gasteiger partial charge in [-0.05, 0) is 92.1 Å². The van der Waals surface area contributed by atoms with Crippen LogP contribution >= 0.6 is 23.5 Å². The zero-order valence-corrected chi connectivity index (χ0v) is 22.8. The Kier molecular flexibility index (Phi) is 8.52. The first-order valence-electron chi connectivity index (χ1n) is 14.0. The van der Waals surface area contributed by atoms with Crippen LogP contribution in [-0.2, 0) is 9.45 Å². The number of nitrogens with zero attached hydrogens (tertiary/aromatic N) is 1. The summed E-state index contributed by atoms with van der Waals surface area (Å²) in [4.78, 5) is 16.0. The Balaban J connectivity index is 1.20. The summed E-state index contributed by atoms with van der Waals surface area (Å²) in [5.41, 5.74) is 5.99. The third-order valence-electron chi connectivity index (χ3n) is 10.3. The van der Waals surface area contributed by atoms with Gasteiger partial charge in [-0.1, -0.05) is 32.6 Å². The Hall–Kier alpha value is 0.115.